The number of hydrogen-bond donors (Lipinski definition) is 2. The molecule has 4 aromatic rings. The van der Waals surface area contributed by atoms with Crippen molar-refractivity contribution in [1.82, 2.24) is 25.1 Å². The molecule has 1 aliphatic heterocycles. The van der Waals surface area contributed by atoms with Gasteiger partial charge in [-0.25, -0.2) is 9.37 Å². The van der Waals surface area contributed by atoms with Gasteiger partial charge in [0.1, 0.15) is 18.0 Å². The number of aromatic nitrogens is 4. The van der Waals surface area contributed by atoms with E-state index in [1.54, 1.807) is 34.0 Å². The number of aryl methyl sites for hydroxylation is 1. The van der Waals surface area contributed by atoms with E-state index in [1.165, 1.54) is 6.07 Å². The van der Waals surface area contributed by atoms with Crippen molar-refractivity contribution in [2.75, 3.05) is 11.4 Å². The largest absolute Gasteiger partial charge is 0.389 e. The average Bonchev–Trinajstić information content (AvgIpc) is 3.67. The number of amides is 1. The summed E-state index contributed by atoms with van der Waals surface area (Å²) < 4.78 is 16.9. The number of benzene rings is 2. The van der Waals surface area contributed by atoms with Crippen molar-refractivity contribution >= 4 is 11.7 Å². The maximum Gasteiger partial charge on any atom is 0.260 e. The quantitative estimate of drug-likeness (QED) is 0.322. The van der Waals surface area contributed by atoms with Crippen molar-refractivity contribution in [1.29, 1.82) is 5.26 Å². The minimum Gasteiger partial charge on any atom is -0.389 e. The number of anilines is 1. The van der Waals surface area contributed by atoms with Crippen molar-refractivity contribution in [3.63, 3.8) is 0 Å². The second kappa shape index (κ2) is 10.1. The van der Waals surface area contributed by atoms with E-state index in [0.717, 1.165) is 54.5 Å². The highest BCUT2D eigenvalue weighted by Crippen LogP contribution is 2.43. The summed E-state index contributed by atoms with van der Waals surface area (Å²) in [5, 5.41) is 31.4. The number of aliphatic hydroxyl groups is 1. The summed E-state index contributed by atoms with van der Waals surface area (Å²) in [6, 6.07) is 14.7. The van der Waals surface area contributed by atoms with Gasteiger partial charge in [-0.15, -0.1) is 10.2 Å². The van der Waals surface area contributed by atoms with Crippen molar-refractivity contribution < 1.29 is 14.3 Å². The molecule has 1 amide bonds. The van der Waals surface area contributed by atoms with E-state index in [1.807, 2.05) is 19.2 Å². The van der Waals surface area contributed by atoms with Gasteiger partial charge in [-0.2, -0.15) is 5.26 Å². The van der Waals surface area contributed by atoms with E-state index in [0.29, 0.717) is 46.4 Å². The maximum absolute atomic E-state index is 15.1. The van der Waals surface area contributed by atoms with Crippen LogP contribution in [0.1, 0.15) is 70.8 Å². The molecule has 0 spiro atoms. The Hall–Kier alpha value is -4.46. The summed E-state index contributed by atoms with van der Waals surface area (Å²) in [7, 11) is 1.85. The Morgan fingerprint density at radius 1 is 1.14 bits per heavy atom. The molecule has 2 fully saturated rings. The molecular formula is C32H30FN7O2. The molecule has 10 heteroatoms. The van der Waals surface area contributed by atoms with Gasteiger partial charge < -0.3 is 15.0 Å². The van der Waals surface area contributed by atoms with Crippen LogP contribution in [-0.4, -0.2) is 42.9 Å². The average molecular weight is 564 g/mol. The summed E-state index contributed by atoms with van der Waals surface area (Å²) in [6.07, 6.45) is 6.17. The number of carbonyl (C=O) groups excluding carboxylic acids is 1. The molecule has 0 unspecified atom stereocenters. The van der Waals surface area contributed by atoms with Crippen LogP contribution in [0, 0.1) is 17.1 Å². The summed E-state index contributed by atoms with van der Waals surface area (Å²) in [5.41, 5.74) is 4.67. The molecule has 42 heavy (non-hydrogen) atoms. The standard InChI is InChI=1S/C32H30FN7O2/c1-39-18-36-38-30(39)26-9-19(14-34)3-6-24(26)21-12-28(20-4-5-20)37-29(13-21)40-16-23-11-27(33)22(10-25(23)31(40)41)15-35-17-32(42)7-2-8-32/h3,6,9-13,18,20,35,42H,2,4-5,7-8,15-17H2,1H3. The first-order valence-electron chi connectivity index (χ1n) is 14.3. The first kappa shape index (κ1) is 26.4. The van der Waals surface area contributed by atoms with Crippen molar-refractivity contribution in [3.05, 3.63) is 82.6 Å². The molecule has 3 heterocycles. The molecule has 0 radical (unpaired) electrons. The maximum atomic E-state index is 15.1. The first-order valence-corrected chi connectivity index (χ1v) is 14.3. The Kier molecular flexibility index (Phi) is 6.37. The van der Waals surface area contributed by atoms with Crippen LogP contribution in [0.25, 0.3) is 22.5 Å². The van der Waals surface area contributed by atoms with Gasteiger partial charge in [-0.1, -0.05) is 6.07 Å². The van der Waals surface area contributed by atoms with E-state index in [9.17, 15) is 15.2 Å². The lowest BCUT2D eigenvalue weighted by atomic mass is 9.80. The highest BCUT2D eigenvalue weighted by molar-refractivity contribution is 6.10. The molecule has 0 saturated heterocycles. The zero-order valence-corrected chi connectivity index (χ0v) is 23.3. The Morgan fingerprint density at radius 2 is 1.98 bits per heavy atom. The van der Waals surface area contributed by atoms with Crippen LogP contribution in [0.2, 0.25) is 0 Å². The second-order valence-corrected chi connectivity index (χ2v) is 11.7. The molecule has 0 atom stereocenters. The van der Waals surface area contributed by atoms with Crippen molar-refractivity contribution in [2.24, 2.45) is 7.05 Å². The predicted octanol–water partition coefficient (Wildman–Crippen LogP) is 4.60. The third-order valence-electron chi connectivity index (χ3n) is 8.65. The molecular weight excluding hydrogens is 533 g/mol. The zero-order valence-electron chi connectivity index (χ0n) is 23.3. The number of halogens is 1. The van der Waals surface area contributed by atoms with Crippen LogP contribution >= 0.6 is 0 Å². The van der Waals surface area contributed by atoms with E-state index in [4.69, 9.17) is 4.98 Å². The van der Waals surface area contributed by atoms with Gasteiger partial charge in [-0.05, 0) is 85.2 Å². The van der Waals surface area contributed by atoms with Gasteiger partial charge >= 0.3 is 0 Å². The second-order valence-electron chi connectivity index (χ2n) is 11.7. The Morgan fingerprint density at radius 3 is 2.67 bits per heavy atom. The normalized spacial score (nSPS) is 17.2. The molecule has 2 aliphatic carbocycles. The Labute approximate surface area is 242 Å². The van der Waals surface area contributed by atoms with Gasteiger partial charge in [0, 0.05) is 48.4 Å². The molecule has 2 aromatic carbocycles. The number of nitrogens with zero attached hydrogens (tertiary/aromatic N) is 6. The van der Waals surface area contributed by atoms with E-state index < -0.39 is 5.60 Å². The number of nitriles is 1. The fourth-order valence-corrected chi connectivity index (χ4v) is 5.89. The number of fused-ring (bicyclic) bond motifs is 1. The number of pyridine rings is 1. The summed E-state index contributed by atoms with van der Waals surface area (Å²) >= 11 is 0. The highest BCUT2D eigenvalue weighted by atomic mass is 19.1. The predicted molar refractivity (Wildman–Crippen MR) is 154 cm³/mol. The summed E-state index contributed by atoms with van der Waals surface area (Å²) in [6.45, 7) is 0.857. The van der Waals surface area contributed by atoms with Crippen LogP contribution in [0.3, 0.4) is 0 Å². The van der Waals surface area contributed by atoms with E-state index in [2.05, 4.69) is 27.6 Å². The Balaban J connectivity index is 1.23. The molecule has 212 valence electrons. The minimum atomic E-state index is -0.711. The third kappa shape index (κ3) is 4.74. The number of rotatable bonds is 8. The van der Waals surface area contributed by atoms with Crippen molar-refractivity contribution in [3.8, 4) is 28.6 Å². The third-order valence-corrected chi connectivity index (χ3v) is 8.65. The SMILES string of the molecule is Cn1cnnc1-c1cc(C#N)ccc1-c1cc(C2CC2)nc(N2Cc3cc(F)c(CNCC4(O)CCC4)cc3C2=O)c1. The lowest BCUT2D eigenvalue weighted by molar-refractivity contribution is -0.0315. The van der Waals surface area contributed by atoms with Crippen LogP contribution in [0.4, 0.5) is 10.2 Å². The van der Waals surface area contributed by atoms with Crippen molar-refractivity contribution in [2.45, 2.75) is 56.7 Å². The molecule has 2 N–H and O–H groups in total. The minimum absolute atomic E-state index is 0.219. The molecule has 7 rings (SSSR count). The molecule has 2 saturated carbocycles. The number of hydrogen-bond acceptors (Lipinski definition) is 7. The summed E-state index contributed by atoms with van der Waals surface area (Å²) in [5.74, 6) is 0.864. The fourth-order valence-electron chi connectivity index (χ4n) is 5.89. The van der Waals surface area contributed by atoms with Crippen LogP contribution < -0.4 is 10.2 Å². The van der Waals surface area contributed by atoms with Gasteiger partial charge in [0.15, 0.2) is 5.82 Å². The van der Waals surface area contributed by atoms with Crippen LogP contribution in [0.5, 0.6) is 0 Å². The number of nitrogens with one attached hydrogen (secondary N) is 1. The van der Waals surface area contributed by atoms with Gasteiger partial charge in [-0.3, -0.25) is 9.69 Å². The smallest absolute Gasteiger partial charge is 0.260 e. The summed E-state index contributed by atoms with van der Waals surface area (Å²) in [4.78, 5) is 20.2. The van der Waals surface area contributed by atoms with Gasteiger partial charge in [0.2, 0.25) is 0 Å². The van der Waals surface area contributed by atoms with Gasteiger partial charge in [0.05, 0.1) is 23.8 Å². The highest BCUT2D eigenvalue weighted by Gasteiger charge is 2.35. The topological polar surface area (TPSA) is 120 Å². The fraction of sp³-hybridized carbons (Fsp3) is 0.344. The molecule has 0 bridgehead atoms. The van der Waals surface area contributed by atoms with Crippen LogP contribution in [-0.2, 0) is 20.1 Å². The lowest BCUT2D eigenvalue weighted by Gasteiger charge is -2.36. The first-order chi connectivity index (χ1) is 20.3. The molecule has 3 aliphatic rings. The lowest BCUT2D eigenvalue weighted by Crippen LogP contribution is -2.46. The molecule has 9 nitrogen and oxygen atoms in total. The van der Waals surface area contributed by atoms with E-state index in [-0.39, 0.29) is 24.8 Å². The Bertz CT molecular complexity index is 1770. The molecule has 2 aromatic heterocycles. The van der Waals surface area contributed by atoms with Crippen LogP contribution in [0.15, 0.2) is 48.8 Å². The zero-order chi connectivity index (χ0) is 29.0. The van der Waals surface area contributed by atoms with E-state index >= 15 is 4.39 Å². The number of carbonyl (C=O) groups is 1. The monoisotopic (exact) mass is 563 g/mol. The van der Waals surface area contributed by atoms with Gasteiger partial charge in [0.25, 0.3) is 5.91 Å².